The lowest BCUT2D eigenvalue weighted by Crippen LogP contribution is -2.38. The number of ether oxygens (including phenoxy) is 3. The summed E-state index contributed by atoms with van der Waals surface area (Å²) in [5.74, 6) is 0.176. The van der Waals surface area contributed by atoms with Crippen molar-refractivity contribution < 1.29 is 23.8 Å². The van der Waals surface area contributed by atoms with Gasteiger partial charge in [0.05, 0.1) is 43.6 Å². The molecule has 5 rings (SSSR count). The molecule has 2 aromatic carbocycles. The van der Waals surface area contributed by atoms with Crippen molar-refractivity contribution in [2.45, 2.75) is 38.3 Å². The van der Waals surface area contributed by atoms with Gasteiger partial charge >= 0.3 is 5.97 Å². The molecule has 0 radical (unpaired) electrons. The van der Waals surface area contributed by atoms with E-state index >= 15 is 0 Å². The van der Waals surface area contributed by atoms with Crippen LogP contribution in [0.3, 0.4) is 0 Å². The van der Waals surface area contributed by atoms with Gasteiger partial charge in [0.25, 0.3) is 0 Å². The van der Waals surface area contributed by atoms with Crippen LogP contribution in [0.4, 0.5) is 0 Å². The largest absolute Gasteiger partial charge is 0.497 e. The maximum atomic E-state index is 13.5. The average Bonchev–Trinajstić information content (AvgIpc) is 3.62. The van der Waals surface area contributed by atoms with E-state index in [2.05, 4.69) is 5.32 Å². The minimum absolute atomic E-state index is 0.0665. The lowest BCUT2D eigenvalue weighted by Gasteiger charge is -2.36. The zero-order chi connectivity index (χ0) is 26.5. The van der Waals surface area contributed by atoms with E-state index in [1.54, 1.807) is 14.0 Å². The van der Waals surface area contributed by atoms with Crippen LogP contribution in [0.5, 0.6) is 5.75 Å². The fraction of sp³-hybridized carbons (Fsp3) is 0.345. The Morgan fingerprint density at radius 1 is 1.16 bits per heavy atom. The third-order valence-corrected chi connectivity index (χ3v) is 7.57. The van der Waals surface area contributed by atoms with Crippen LogP contribution >= 0.6 is 11.8 Å². The van der Waals surface area contributed by atoms with Gasteiger partial charge in [-0.05, 0) is 42.9 Å². The first-order chi connectivity index (χ1) is 18.6. The lowest BCUT2D eigenvalue weighted by atomic mass is 9.91. The van der Waals surface area contributed by atoms with Crippen LogP contribution in [0, 0.1) is 0 Å². The SMILES string of the molecule is CCOC(=O)C1=C(c2ccccc2)N=C2SC=C(CC(=O)NC[C@@H]3CCCO3)N2[C@H]1c1ccc(OC)cc1. The number of nitrogens with one attached hydrogen (secondary N) is 1. The second-order valence-corrected chi connectivity index (χ2v) is 9.97. The van der Waals surface area contributed by atoms with Crippen LogP contribution in [-0.2, 0) is 19.1 Å². The van der Waals surface area contributed by atoms with Crippen molar-refractivity contribution in [2.75, 3.05) is 26.9 Å². The van der Waals surface area contributed by atoms with Gasteiger partial charge in [-0.3, -0.25) is 4.79 Å². The van der Waals surface area contributed by atoms with Gasteiger partial charge in [0.1, 0.15) is 5.75 Å². The summed E-state index contributed by atoms with van der Waals surface area (Å²) >= 11 is 1.45. The molecule has 1 N–H and O–H groups in total. The summed E-state index contributed by atoms with van der Waals surface area (Å²) in [5, 5.41) is 5.66. The number of fused-ring (bicyclic) bond motifs is 1. The molecule has 0 aliphatic carbocycles. The normalized spacial score (nSPS) is 20.5. The summed E-state index contributed by atoms with van der Waals surface area (Å²) in [6.45, 7) is 3.26. The first-order valence-electron chi connectivity index (χ1n) is 12.8. The highest BCUT2D eigenvalue weighted by molar-refractivity contribution is 8.16. The van der Waals surface area contributed by atoms with E-state index in [1.807, 2.05) is 64.9 Å². The molecule has 1 amide bonds. The van der Waals surface area contributed by atoms with Gasteiger partial charge in [-0.15, -0.1) is 0 Å². The molecule has 8 nitrogen and oxygen atoms in total. The van der Waals surface area contributed by atoms with Crippen molar-refractivity contribution in [3.8, 4) is 5.75 Å². The summed E-state index contributed by atoms with van der Waals surface area (Å²) in [7, 11) is 1.62. The summed E-state index contributed by atoms with van der Waals surface area (Å²) < 4.78 is 16.6. The van der Waals surface area contributed by atoms with E-state index in [0.29, 0.717) is 28.7 Å². The number of amides is 1. The highest BCUT2D eigenvalue weighted by atomic mass is 32.2. The number of thioether (sulfide) groups is 1. The first-order valence-corrected chi connectivity index (χ1v) is 13.7. The number of carbonyl (C=O) groups is 2. The molecule has 0 spiro atoms. The van der Waals surface area contributed by atoms with E-state index in [0.717, 1.165) is 36.3 Å². The summed E-state index contributed by atoms with van der Waals surface area (Å²) in [6, 6.07) is 16.7. The Morgan fingerprint density at radius 3 is 2.63 bits per heavy atom. The smallest absolute Gasteiger partial charge is 0.338 e. The molecule has 198 valence electrons. The maximum Gasteiger partial charge on any atom is 0.338 e. The van der Waals surface area contributed by atoms with Crippen LogP contribution in [0.1, 0.15) is 43.4 Å². The fourth-order valence-electron chi connectivity index (χ4n) is 4.85. The Balaban J connectivity index is 1.53. The van der Waals surface area contributed by atoms with Gasteiger partial charge < -0.3 is 24.4 Å². The predicted octanol–water partition coefficient (Wildman–Crippen LogP) is 4.66. The van der Waals surface area contributed by atoms with Crippen molar-refractivity contribution >= 4 is 34.5 Å². The lowest BCUT2D eigenvalue weighted by molar-refractivity contribution is -0.139. The van der Waals surface area contributed by atoms with Gasteiger partial charge in [0.2, 0.25) is 5.91 Å². The van der Waals surface area contributed by atoms with Gasteiger partial charge in [0, 0.05) is 24.4 Å². The van der Waals surface area contributed by atoms with Gasteiger partial charge in [-0.1, -0.05) is 54.2 Å². The second-order valence-electron chi connectivity index (χ2n) is 9.13. The molecule has 3 aliphatic heterocycles. The van der Waals surface area contributed by atoms with Crippen molar-refractivity contribution in [3.05, 3.63) is 82.4 Å². The zero-order valence-corrected chi connectivity index (χ0v) is 22.3. The topological polar surface area (TPSA) is 89.5 Å². The molecule has 1 saturated heterocycles. The summed E-state index contributed by atoms with van der Waals surface area (Å²) in [4.78, 5) is 33.4. The number of methoxy groups -OCH3 is 1. The molecule has 2 aromatic rings. The predicted molar refractivity (Wildman–Crippen MR) is 147 cm³/mol. The van der Waals surface area contributed by atoms with Crippen LogP contribution in [0.2, 0.25) is 0 Å². The number of benzene rings is 2. The number of hydrogen-bond acceptors (Lipinski definition) is 8. The molecule has 0 aromatic heterocycles. The number of amidine groups is 1. The Kier molecular flexibility index (Phi) is 8.14. The van der Waals surface area contributed by atoms with Crippen LogP contribution in [0.15, 0.2) is 76.3 Å². The minimum atomic E-state index is -0.533. The maximum absolute atomic E-state index is 13.5. The zero-order valence-electron chi connectivity index (χ0n) is 21.5. The Morgan fingerprint density at radius 2 is 1.95 bits per heavy atom. The monoisotopic (exact) mass is 533 g/mol. The van der Waals surface area contributed by atoms with E-state index in [9.17, 15) is 9.59 Å². The number of nitrogens with zero attached hydrogens (tertiary/aromatic N) is 2. The molecule has 0 unspecified atom stereocenters. The van der Waals surface area contributed by atoms with Gasteiger partial charge in [0.15, 0.2) is 5.17 Å². The third kappa shape index (κ3) is 5.49. The number of aliphatic imine (C=N–C) groups is 1. The van der Waals surface area contributed by atoms with Crippen molar-refractivity contribution in [2.24, 2.45) is 4.99 Å². The van der Waals surface area contributed by atoms with Crippen molar-refractivity contribution in [1.29, 1.82) is 0 Å². The number of hydrogen-bond donors (Lipinski definition) is 1. The number of esters is 1. The first kappa shape index (κ1) is 26.1. The van der Waals surface area contributed by atoms with E-state index in [4.69, 9.17) is 19.2 Å². The Bertz CT molecular complexity index is 1270. The fourth-order valence-corrected chi connectivity index (χ4v) is 5.77. The molecule has 9 heteroatoms. The molecular formula is C29H31N3O5S. The standard InChI is InChI=1S/C29H31N3O5S/c1-3-36-28(34)25-26(19-8-5-4-6-9-19)31-29-32(27(25)20-11-13-22(35-2)14-12-20)21(18-38-29)16-24(33)30-17-23-10-7-15-37-23/h4-6,8-9,11-14,18,23,27H,3,7,10,15-17H2,1-2H3,(H,30,33)/t23-,27-/m0/s1. The summed E-state index contributed by atoms with van der Waals surface area (Å²) in [5.41, 5.74) is 3.46. The van der Waals surface area contributed by atoms with Gasteiger partial charge in [-0.2, -0.15) is 0 Å². The van der Waals surface area contributed by atoms with E-state index in [-0.39, 0.29) is 25.0 Å². The molecule has 0 bridgehead atoms. The summed E-state index contributed by atoms with van der Waals surface area (Å²) in [6.07, 6.45) is 2.20. The molecule has 2 atom stereocenters. The highest BCUT2D eigenvalue weighted by Gasteiger charge is 2.42. The number of carbonyl (C=O) groups excluding carboxylic acids is 2. The van der Waals surface area contributed by atoms with Crippen LogP contribution < -0.4 is 10.1 Å². The molecule has 3 heterocycles. The van der Waals surface area contributed by atoms with E-state index in [1.165, 1.54) is 11.8 Å². The van der Waals surface area contributed by atoms with Gasteiger partial charge in [-0.25, -0.2) is 9.79 Å². The minimum Gasteiger partial charge on any atom is -0.497 e. The van der Waals surface area contributed by atoms with Crippen molar-refractivity contribution in [3.63, 3.8) is 0 Å². The van der Waals surface area contributed by atoms with Crippen LogP contribution in [-0.4, -0.2) is 54.9 Å². The Labute approximate surface area is 226 Å². The van der Waals surface area contributed by atoms with Crippen LogP contribution in [0.25, 0.3) is 5.70 Å². The Hall–Kier alpha value is -3.56. The number of rotatable bonds is 9. The molecular weight excluding hydrogens is 502 g/mol. The molecule has 1 fully saturated rings. The molecule has 0 saturated carbocycles. The molecule has 3 aliphatic rings. The van der Waals surface area contributed by atoms with Crippen molar-refractivity contribution in [1.82, 2.24) is 10.2 Å². The average molecular weight is 534 g/mol. The highest BCUT2D eigenvalue weighted by Crippen LogP contribution is 2.47. The quantitative estimate of drug-likeness (QED) is 0.469. The van der Waals surface area contributed by atoms with E-state index < -0.39 is 12.0 Å². The second kappa shape index (κ2) is 11.9. The third-order valence-electron chi connectivity index (χ3n) is 6.68. The molecule has 38 heavy (non-hydrogen) atoms.